The Hall–Kier alpha value is -2.04. The van der Waals surface area contributed by atoms with Gasteiger partial charge in [-0.25, -0.2) is 0 Å². The number of carbonyl (C=O) groups excluding carboxylic acids is 2. The van der Waals surface area contributed by atoms with Crippen LogP contribution in [0.1, 0.15) is 44.0 Å². The van der Waals surface area contributed by atoms with Crippen molar-refractivity contribution in [2.45, 2.75) is 33.6 Å². The summed E-state index contributed by atoms with van der Waals surface area (Å²) in [6.07, 6.45) is 1.13. The van der Waals surface area contributed by atoms with E-state index >= 15 is 0 Å². The number of ether oxygens (including phenoxy) is 3. The van der Waals surface area contributed by atoms with Gasteiger partial charge in [-0.1, -0.05) is 26.8 Å². The Kier molecular flexibility index (Phi) is 7.59. The van der Waals surface area contributed by atoms with Crippen LogP contribution in [-0.4, -0.2) is 32.6 Å². The first-order valence-electron chi connectivity index (χ1n) is 7.88. The van der Waals surface area contributed by atoms with Gasteiger partial charge in [0.1, 0.15) is 23.0 Å². The molecule has 0 N–H and O–H groups in total. The summed E-state index contributed by atoms with van der Waals surface area (Å²) in [6, 6.07) is 5.10. The first-order chi connectivity index (χ1) is 11.0. The lowest BCUT2D eigenvalue weighted by atomic mass is 9.89. The summed E-state index contributed by atoms with van der Waals surface area (Å²) < 4.78 is 15.7. The maximum atomic E-state index is 13.0. The van der Waals surface area contributed by atoms with Gasteiger partial charge >= 0.3 is 5.97 Å². The van der Waals surface area contributed by atoms with Crippen molar-refractivity contribution in [2.75, 3.05) is 20.8 Å². The van der Waals surface area contributed by atoms with Gasteiger partial charge in [-0.15, -0.1) is 0 Å². The molecular weight excluding hydrogens is 296 g/mol. The predicted octanol–water partition coefficient (Wildman–Crippen LogP) is 3.50. The molecule has 0 fully saturated rings. The molecule has 5 nitrogen and oxygen atoms in total. The summed E-state index contributed by atoms with van der Waals surface area (Å²) in [5, 5.41) is 0. The van der Waals surface area contributed by atoms with Gasteiger partial charge < -0.3 is 14.2 Å². The number of methoxy groups -OCH3 is 2. The molecule has 1 unspecified atom stereocenters. The fourth-order valence-corrected chi connectivity index (χ4v) is 2.35. The smallest absolute Gasteiger partial charge is 0.316 e. The Labute approximate surface area is 137 Å². The van der Waals surface area contributed by atoms with E-state index < -0.39 is 11.9 Å². The maximum Gasteiger partial charge on any atom is 0.316 e. The van der Waals surface area contributed by atoms with Crippen molar-refractivity contribution in [2.24, 2.45) is 11.8 Å². The van der Waals surface area contributed by atoms with E-state index in [-0.39, 0.29) is 17.3 Å². The summed E-state index contributed by atoms with van der Waals surface area (Å²) in [7, 11) is 2.97. The SMILES string of the molecule is CCCOC(=O)C(CC(C)C)C(=O)c1c(OC)cccc1OC. The third-order valence-electron chi connectivity index (χ3n) is 3.43. The van der Waals surface area contributed by atoms with Gasteiger partial charge in [0.2, 0.25) is 0 Å². The molecule has 0 aromatic heterocycles. The number of ketones is 1. The summed E-state index contributed by atoms with van der Waals surface area (Å²) in [4.78, 5) is 25.3. The molecule has 0 aliphatic heterocycles. The molecule has 0 aliphatic rings. The lowest BCUT2D eigenvalue weighted by Crippen LogP contribution is -2.28. The molecule has 0 spiro atoms. The Bertz CT molecular complexity index is 514. The molecule has 5 heteroatoms. The molecule has 1 atom stereocenters. The highest BCUT2D eigenvalue weighted by atomic mass is 16.5. The van der Waals surface area contributed by atoms with E-state index in [9.17, 15) is 9.59 Å². The number of Topliss-reactive ketones (excluding diaryl/α,β-unsaturated/α-hetero) is 1. The monoisotopic (exact) mass is 322 g/mol. The standard InChI is InChI=1S/C18H26O5/c1-6-10-23-18(20)13(11-12(2)3)17(19)16-14(21-4)8-7-9-15(16)22-5/h7-9,12-13H,6,10-11H2,1-5H3. The van der Waals surface area contributed by atoms with Crippen LogP contribution in [0.3, 0.4) is 0 Å². The summed E-state index contributed by atoms with van der Waals surface area (Å²) in [5.74, 6) is -0.698. The maximum absolute atomic E-state index is 13.0. The molecule has 0 aliphatic carbocycles. The lowest BCUT2D eigenvalue weighted by molar-refractivity contribution is -0.147. The Morgan fingerprint density at radius 1 is 1.09 bits per heavy atom. The van der Waals surface area contributed by atoms with Crippen LogP contribution in [-0.2, 0) is 9.53 Å². The molecule has 0 heterocycles. The zero-order valence-electron chi connectivity index (χ0n) is 14.5. The number of esters is 1. The molecule has 1 aromatic rings. The zero-order chi connectivity index (χ0) is 17.4. The van der Waals surface area contributed by atoms with Crippen molar-refractivity contribution >= 4 is 11.8 Å². The second kappa shape index (κ2) is 9.18. The Morgan fingerprint density at radius 2 is 1.65 bits per heavy atom. The molecule has 0 bridgehead atoms. The second-order valence-electron chi connectivity index (χ2n) is 5.75. The number of carbonyl (C=O) groups is 2. The van der Waals surface area contributed by atoms with Crippen LogP contribution in [0.15, 0.2) is 18.2 Å². The molecule has 1 aromatic carbocycles. The minimum Gasteiger partial charge on any atom is -0.496 e. The fraction of sp³-hybridized carbons (Fsp3) is 0.556. The van der Waals surface area contributed by atoms with Crippen molar-refractivity contribution in [3.05, 3.63) is 23.8 Å². The third kappa shape index (κ3) is 4.98. The lowest BCUT2D eigenvalue weighted by Gasteiger charge is -2.19. The van der Waals surface area contributed by atoms with Crippen molar-refractivity contribution in [1.29, 1.82) is 0 Å². The zero-order valence-corrected chi connectivity index (χ0v) is 14.5. The largest absolute Gasteiger partial charge is 0.496 e. The summed E-state index contributed by atoms with van der Waals surface area (Å²) >= 11 is 0. The van der Waals surface area contributed by atoms with Gasteiger partial charge in [-0.05, 0) is 30.9 Å². The van der Waals surface area contributed by atoms with Gasteiger partial charge in [0.15, 0.2) is 5.78 Å². The number of benzene rings is 1. The van der Waals surface area contributed by atoms with Crippen LogP contribution < -0.4 is 9.47 Å². The van der Waals surface area contributed by atoms with Crippen molar-refractivity contribution < 1.29 is 23.8 Å². The first kappa shape index (κ1) is 19.0. The number of rotatable bonds is 9. The highest BCUT2D eigenvalue weighted by molar-refractivity contribution is 6.11. The number of hydrogen-bond donors (Lipinski definition) is 0. The Morgan fingerprint density at radius 3 is 2.09 bits per heavy atom. The molecular formula is C18H26O5. The van der Waals surface area contributed by atoms with Gasteiger partial charge in [-0.3, -0.25) is 9.59 Å². The van der Waals surface area contributed by atoms with E-state index in [0.717, 1.165) is 0 Å². The normalized spacial score (nSPS) is 11.9. The second-order valence-corrected chi connectivity index (χ2v) is 5.75. The van der Waals surface area contributed by atoms with E-state index in [4.69, 9.17) is 14.2 Å². The van der Waals surface area contributed by atoms with E-state index in [0.29, 0.717) is 30.9 Å². The molecule has 128 valence electrons. The van der Waals surface area contributed by atoms with Crippen molar-refractivity contribution in [3.63, 3.8) is 0 Å². The van der Waals surface area contributed by atoms with Crippen LogP contribution in [0.4, 0.5) is 0 Å². The molecule has 0 radical (unpaired) electrons. The van der Waals surface area contributed by atoms with Crippen LogP contribution in [0.25, 0.3) is 0 Å². The average molecular weight is 322 g/mol. The molecule has 0 saturated heterocycles. The van der Waals surface area contributed by atoms with Gasteiger partial charge in [-0.2, -0.15) is 0 Å². The van der Waals surface area contributed by atoms with E-state index in [1.807, 2.05) is 20.8 Å². The Balaban J connectivity index is 3.21. The van der Waals surface area contributed by atoms with Crippen molar-refractivity contribution in [1.82, 2.24) is 0 Å². The fourth-order valence-electron chi connectivity index (χ4n) is 2.35. The molecule has 23 heavy (non-hydrogen) atoms. The minimum absolute atomic E-state index is 0.179. The van der Waals surface area contributed by atoms with E-state index in [2.05, 4.69) is 0 Å². The van der Waals surface area contributed by atoms with Crippen LogP contribution in [0, 0.1) is 11.8 Å². The van der Waals surface area contributed by atoms with Crippen LogP contribution >= 0.6 is 0 Å². The summed E-state index contributed by atoms with van der Waals surface area (Å²) in [5.41, 5.74) is 0.289. The highest BCUT2D eigenvalue weighted by Crippen LogP contribution is 2.32. The van der Waals surface area contributed by atoms with Gasteiger partial charge in [0.05, 0.1) is 20.8 Å². The molecule has 1 rings (SSSR count). The molecule has 0 saturated carbocycles. The van der Waals surface area contributed by atoms with E-state index in [1.54, 1.807) is 18.2 Å². The number of hydrogen-bond acceptors (Lipinski definition) is 5. The van der Waals surface area contributed by atoms with Crippen molar-refractivity contribution in [3.8, 4) is 11.5 Å². The summed E-state index contributed by atoms with van der Waals surface area (Å²) in [6.45, 7) is 6.15. The third-order valence-corrected chi connectivity index (χ3v) is 3.43. The van der Waals surface area contributed by atoms with E-state index in [1.165, 1.54) is 14.2 Å². The topological polar surface area (TPSA) is 61.8 Å². The quantitative estimate of drug-likeness (QED) is 0.395. The van der Waals surface area contributed by atoms with Crippen LogP contribution in [0.5, 0.6) is 11.5 Å². The van der Waals surface area contributed by atoms with Gasteiger partial charge in [0, 0.05) is 0 Å². The average Bonchev–Trinajstić information content (AvgIpc) is 2.55. The van der Waals surface area contributed by atoms with Gasteiger partial charge in [0.25, 0.3) is 0 Å². The minimum atomic E-state index is -0.855. The first-order valence-corrected chi connectivity index (χ1v) is 7.88. The molecule has 0 amide bonds. The highest BCUT2D eigenvalue weighted by Gasteiger charge is 2.33. The predicted molar refractivity (Wildman–Crippen MR) is 88.1 cm³/mol. The van der Waals surface area contributed by atoms with Crippen LogP contribution in [0.2, 0.25) is 0 Å².